The maximum atomic E-state index is 11.8. The molecule has 0 spiro atoms. The Bertz CT molecular complexity index is 527. The Morgan fingerprint density at radius 3 is 2.56 bits per heavy atom. The Morgan fingerprint density at radius 2 is 2.00 bits per heavy atom. The molecule has 0 aromatic heterocycles. The molecule has 0 N–H and O–H groups in total. The van der Waals surface area contributed by atoms with Crippen LogP contribution in [0.3, 0.4) is 0 Å². The third-order valence-electron chi connectivity index (χ3n) is 3.08. The highest BCUT2D eigenvalue weighted by Gasteiger charge is 2.21. The largest absolute Gasteiger partial charge is 0.497 e. The summed E-state index contributed by atoms with van der Waals surface area (Å²) in [5.74, 6) is 1.50. The fraction of sp³-hybridized carbons (Fsp3) is 0.267. The van der Waals surface area contributed by atoms with E-state index < -0.39 is 0 Å². The van der Waals surface area contributed by atoms with Gasteiger partial charge in [-0.1, -0.05) is 6.58 Å². The number of methoxy groups -OCH3 is 2. The van der Waals surface area contributed by atoms with Gasteiger partial charge in [0.2, 0.25) is 0 Å². The van der Waals surface area contributed by atoms with E-state index in [4.69, 9.17) is 9.47 Å². The van der Waals surface area contributed by atoms with E-state index in [0.29, 0.717) is 11.3 Å². The smallest absolute Gasteiger partial charge is 0.184 e. The van der Waals surface area contributed by atoms with Crippen LogP contribution < -0.4 is 9.47 Å². The maximum Gasteiger partial charge on any atom is 0.184 e. The highest BCUT2D eigenvalue weighted by atomic mass is 16.5. The summed E-state index contributed by atoms with van der Waals surface area (Å²) in [7, 11) is 3.21. The molecule has 1 aliphatic carbocycles. The standard InChI is InChI=1S/C15H16O3/c1-10-4-5-12(15(10)16)8-11-6-7-13(17-2)9-14(11)18-3/h6-9H,1,4-5H2,2-3H3/b12-8+. The summed E-state index contributed by atoms with van der Waals surface area (Å²) in [6, 6.07) is 5.54. The van der Waals surface area contributed by atoms with Crippen LogP contribution >= 0.6 is 0 Å². The first-order valence-electron chi connectivity index (χ1n) is 5.80. The molecule has 1 saturated carbocycles. The second-order valence-electron chi connectivity index (χ2n) is 4.21. The average molecular weight is 244 g/mol. The van der Waals surface area contributed by atoms with E-state index in [0.717, 1.165) is 29.7 Å². The molecule has 0 unspecified atom stereocenters. The predicted molar refractivity (Wildman–Crippen MR) is 70.9 cm³/mol. The van der Waals surface area contributed by atoms with Crippen molar-refractivity contribution in [2.45, 2.75) is 12.8 Å². The van der Waals surface area contributed by atoms with Crippen molar-refractivity contribution in [1.29, 1.82) is 0 Å². The predicted octanol–water partition coefficient (Wildman–Crippen LogP) is 3.01. The van der Waals surface area contributed by atoms with Crippen molar-refractivity contribution < 1.29 is 14.3 Å². The summed E-state index contributed by atoms with van der Waals surface area (Å²) in [5, 5.41) is 0. The van der Waals surface area contributed by atoms with Gasteiger partial charge in [0.25, 0.3) is 0 Å². The summed E-state index contributed by atoms with van der Waals surface area (Å²) >= 11 is 0. The summed E-state index contributed by atoms with van der Waals surface area (Å²) in [6.07, 6.45) is 3.38. The van der Waals surface area contributed by atoms with Gasteiger partial charge in [0.05, 0.1) is 14.2 Å². The first-order chi connectivity index (χ1) is 8.65. The van der Waals surface area contributed by atoms with Crippen molar-refractivity contribution in [1.82, 2.24) is 0 Å². The van der Waals surface area contributed by atoms with Crippen LogP contribution in [-0.4, -0.2) is 20.0 Å². The SMILES string of the molecule is C=C1CC/C(=C\c2ccc(OC)cc2OC)C1=O. The lowest BCUT2D eigenvalue weighted by molar-refractivity contribution is -0.111. The Balaban J connectivity index is 2.37. The highest BCUT2D eigenvalue weighted by molar-refractivity contribution is 6.13. The lowest BCUT2D eigenvalue weighted by Crippen LogP contribution is -1.95. The Morgan fingerprint density at radius 1 is 1.22 bits per heavy atom. The van der Waals surface area contributed by atoms with E-state index in [-0.39, 0.29) is 5.78 Å². The summed E-state index contributed by atoms with van der Waals surface area (Å²) in [5.41, 5.74) is 2.37. The molecule has 0 bridgehead atoms. The van der Waals surface area contributed by atoms with Crippen LogP contribution in [0.15, 0.2) is 35.9 Å². The zero-order valence-corrected chi connectivity index (χ0v) is 10.7. The van der Waals surface area contributed by atoms with Crippen LogP contribution in [-0.2, 0) is 4.79 Å². The number of hydrogen-bond acceptors (Lipinski definition) is 3. The summed E-state index contributed by atoms with van der Waals surface area (Å²) < 4.78 is 10.4. The molecule has 1 fully saturated rings. The Kier molecular flexibility index (Phi) is 3.51. The van der Waals surface area contributed by atoms with Crippen LogP contribution in [0.25, 0.3) is 6.08 Å². The molecule has 0 radical (unpaired) electrons. The number of ether oxygens (including phenoxy) is 2. The third-order valence-corrected chi connectivity index (χ3v) is 3.08. The number of ketones is 1. The minimum absolute atomic E-state index is 0.0628. The first-order valence-corrected chi connectivity index (χ1v) is 5.80. The minimum Gasteiger partial charge on any atom is -0.497 e. The van der Waals surface area contributed by atoms with Crippen molar-refractivity contribution in [2.24, 2.45) is 0 Å². The molecule has 18 heavy (non-hydrogen) atoms. The van der Waals surface area contributed by atoms with Crippen LogP contribution in [0.5, 0.6) is 11.5 Å². The lowest BCUT2D eigenvalue weighted by atomic mass is 10.1. The van der Waals surface area contributed by atoms with Gasteiger partial charge in [-0.2, -0.15) is 0 Å². The van der Waals surface area contributed by atoms with Crippen molar-refractivity contribution in [3.05, 3.63) is 41.5 Å². The quantitative estimate of drug-likeness (QED) is 0.767. The fourth-order valence-electron chi connectivity index (χ4n) is 2.00. The molecule has 1 aromatic rings. The molecule has 3 nitrogen and oxygen atoms in total. The molecule has 0 amide bonds. The molecule has 0 atom stereocenters. The van der Waals surface area contributed by atoms with Gasteiger partial charge in [0.1, 0.15) is 11.5 Å². The second kappa shape index (κ2) is 5.08. The number of Topliss-reactive ketones (excluding diaryl/α,β-unsaturated/α-hetero) is 1. The Labute approximate surface area is 107 Å². The van der Waals surface area contributed by atoms with Gasteiger partial charge in [0.15, 0.2) is 5.78 Å². The van der Waals surface area contributed by atoms with E-state index in [2.05, 4.69) is 6.58 Å². The van der Waals surface area contributed by atoms with Gasteiger partial charge in [-0.05, 0) is 36.6 Å². The summed E-state index contributed by atoms with van der Waals surface area (Å²) in [4.78, 5) is 11.8. The molecule has 0 heterocycles. The zero-order valence-electron chi connectivity index (χ0n) is 10.7. The third kappa shape index (κ3) is 2.30. The molecular formula is C15H16O3. The number of carbonyl (C=O) groups is 1. The fourth-order valence-corrected chi connectivity index (χ4v) is 2.00. The number of benzene rings is 1. The lowest BCUT2D eigenvalue weighted by Gasteiger charge is -2.08. The molecule has 94 valence electrons. The molecular weight excluding hydrogens is 228 g/mol. The van der Waals surface area contributed by atoms with Gasteiger partial charge < -0.3 is 9.47 Å². The van der Waals surface area contributed by atoms with E-state index in [1.807, 2.05) is 18.2 Å². The van der Waals surface area contributed by atoms with Gasteiger partial charge in [-0.15, -0.1) is 0 Å². The van der Waals surface area contributed by atoms with Gasteiger partial charge >= 0.3 is 0 Å². The van der Waals surface area contributed by atoms with E-state index in [9.17, 15) is 4.79 Å². The van der Waals surface area contributed by atoms with E-state index >= 15 is 0 Å². The average Bonchev–Trinajstić information content (AvgIpc) is 2.71. The van der Waals surface area contributed by atoms with Crippen molar-refractivity contribution in [3.63, 3.8) is 0 Å². The number of hydrogen-bond donors (Lipinski definition) is 0. The first kappa shape index (κ1) is 12.4. The minimum atomic E-state index is 0.0628. The number of allylic oxidation sites excluding steroid dienone is 2. The van der Waals surface area contributed by atoms with Crippen LogP contribution in [0.2, 0.25) is 0 Å². The van der Waals surface area contributed by atoms with Crippen LogP contribution in [0.4, 0.5) is 0 Å². The molecule has 0 aliphatic heterocycles. The van der Waals surface area contributed by atoms with Gasteiger partial charge in [-0.25, -0.2) is 0 Å². The highest BCUT2D eigenvalue weighted by Crippen LogP contribution is 2.31. The molecule has 1 aliphatic rings. The van der Waals surface area contributed by atoms with Gasteiger partial charge in [-0.3, -0.25) is 4.79 Å². The van der Waals surface area contributed by atoms with E-state index in [1.54, 1.807) is 20.3 Å². The van der Waals surface area contributed by atoms with Gasteiger partial charge in [0, 0.05) is 17.2 Å². The second-order valence-corrected chi connectivity index (χ2v) is 4.21. The zero-order chi connectivity index (χ0) is 13.1. The molecule has 2 rings (SSSR count). The van der Waals surface area contributed by atoms with Crippen LogP contribution in [0, 0.1) is 0 Å². The van der Waals surface area contributed by atoms with E-state index in [1.165, 1.54) is 0 Å². The topological polar surface area (TPSA) is 35.5 Å². The maximum absolute atomic E-state index is 11.8. The number of rotatable bonds is 3. The molecule has 0 saturated heterocycles. The molecule has 1 aromatic carbocycles. The van der Waals surface area contributed by atoms with Crippen molar-refractivity contribution in [2.75, 3.05) is 14.2 Å². The van der Waals surface area contributed by atoms with Crippen molar-refractivity contribution >= 4 is 11.9 Å². The van der Waals surface area contributed by atoms with Crippen LogP contribution in [0.1, 0.15) is 18.4 Å². The Hall–Kier alpha value is -2.03. The normalized spacial score (nSPS) is 17.3. The van der Waals surface area contributed by atoms with Crippen molar-refractivity contribution in [3.8, 4) is 11.5 Å². The number of carbonyl (C=O) groups excluding carboxylic acids is 1. The summed E-state index contributed by atoms with van der Waals surface area (Å²) in [6.45, 7) is 3.76. The monoisotopic (exact) mass is 244 g/mol. The molecule has 3 heteroatoms.